The number of likely N-dealkylation sites (tertiary alicyclic amines) is 1. The third-order valence-corrected chi connectivity index (χ3v) is 5.82. The number of anilines is 1. The Balaban J connectivity index is 1.40. The van der Waals surface area contributed by atoms with E-state index in [2.05, 4.69) is 5.32 Å². The Morgan fingerprint density at radius 1 is 0.900 bits per heavy atom. The van der Waals surface area contributed by atoms with E-state index < -0.39 is 0 Å². The van der Waals surface area contributed by atoms with Gasteiger partial charge in [-0.15, -0.1) is 0 Å². The monoisotopic (exact) mass is 398 g/mol. The number of carbonyl (C=O) groups is 2. The Bertz CT molecular complexity index is 1270. The Kier molecular flexibility index (Phi) is 4.51. The molecular formula is C25H22N2O3. The van der Waals surface area contributed by atoms with Crippen molar-refractivity contribution < 1.29 is 14.0 Å². The molecule has 0 aliphatic carbocycles. The number of aryl methyl sites for hydroxylation is 1. The van der Waals surface area contributed by atoms with Crippen LogP contribution in [0.25, 0.3) is 21.7 Å². The first-order valence-electron chi connectivity index (χ1n) is 10.2. The second-order valence-corrected chi connectivity index (χ2v) is 7.75. The number of benzene rings is 3. The molecule has 0 saturated carbocycles. The summed E-state index contributed by atoms with van der Waals surface area (Å²) in [5.74, 6) is 0.0513. The van der Waals surface area contributed by atoms with Gasteiger partial charge in [0.15, 0.2) is 5.76 Å². The highest BCUT2D eigenvalue weighted by Gasteiger charge is 2.21. The number of hydrogen-bond donors (Lipinski definition) is 1. The largest absolute Gasteiger partial charge is 0.450 e. The summed E-state index contributed by atoms with van der Waals surface area (Å²) in [6.45, 7) is 3.53. The zero-order chi connectivity index (χ0) is 20.7. The minimum atomic E-state index is -0.300. The van der Waals surface area contributed by atoms with Crippen LogP contribution < -0.4 is 5.32 Å². The number of hydrogen-bond acceptors (Lipinski definition) is 3. The highest BCUT2D eigenvalue weighted by Crippen LogP contribution is 2.32. The fraction of sp³-hybridized carbons (Fsp3) is 0.200. The SMILES string of the molecule is Cc1c(C(=O)Nc2ccc(C(=O)N3CCCC3)cc2)oc2c1ccc1ccccc12. The van der Waals surface area contributed by atoms with Crippen molar-refractivity contribution in [2.24, 2.45) is 0 Å². The minimum absolute atomic E-state index is 0.0467. The summed E-state index contributed by atoms with van der Waals surface area (Å²) in [5, 5.41) is 5.88. The standard InChI is InChI=1S/C25H22N2O3/c1-16-20-13-10-17-6-2-3-7-21(17)23(20)30-22(16)24(28)26-19-11-8-18(9-12-19)25(29)27-14-4-5-15-27/h2-3,6-13H,4-5,14-15H2,1H3,(H,26,28). The predicted octanol–water partition coefficient (Wildman–Crippen LogP) is 5.38. The molecule has 1 saturated heterocycles. The molecule has 1 aliphatic rings. The van der Waals surface area contributed by atoms with E-state index in [1.165, 1.54) is 0 Å². The molecule has 4 aromatic rings. The van der Waals surface area contributed by atoms with E-state index in [0.717, 1.165) is 53.2 Å². The molecule has 1 aromatic heterocycles. The van der Waals surface area contributed by atoms with Gasteiger partial charge in [0.05, 0.1) is 0 Å². The van der Waals surface area contributed by atoms with Gasteiger partial charge >= 0.3 is 0 Å². The third kappa shape index (κ3) is 3.12. The van der Waals surface area contributed by atoms with Crippen LogP contribution in [0, 0.1) is 6.92 Å². The Labute approximate surface area is 174 Å². The van der Waals surface area contributed by atoms with Crippen molar-refractivity contribution in [2.75, 3.05) is 18.4 Å². The molecule has 5 heteroatoms. The number of nitrogens with one attached hydrogen (secondary N) is 1. The molecule has 1 fully saturated rings. The lowest BCUT2D eigenvalue weighted by molar-refractivity contribution is 0.0792. The predicted molar refractivity (Wildman–Crippen MR) is 118 cm³/mol. The molecule has 0 bridgehead atoms. The topological polar surface area (TPSA) is 62.6 Å². The zero-order valence-corrected chi connectivity index (χ0v) is 16.8. The van der Waals surface area contributed by atoms with Crippen molar-refractivity contribution in [1.29, 1.82) is 0 Å². The molecule has 3 aromatic carbocycles. The molecule has 0 radical (unpaired) electrons. The van der Waals surface area contributed by atoms with Crippen molar-refractivity contribution in [3.63, 3.8) is 0 Å². The first-order chi connectivity index (χ1) is 14.6. The van der Waals surface area contributed by atoms with E-state index in [-0.39, 0.29) is 11.8 Å². The highest BCUT2D eigenvalue weighted by atomic mass is 16.3. The van der Waals surface area contributed by atoms with Gasteiger partial charge in [-0.1, -0.05) is 36.4 Å². The number of nitrogens with zero attached hydrogens (tertiary/aromatic N) is 1. The fourth-order valence-corrected chi connectivity index (χ4v) is 4.15. The molecule has 2 heterocycles. The molecule has 0 unspecified atom stereocenters. The van der Waals surface area contributed by atoms with Crippen molar-refractivity contribution in [3.05, 3.63) is 77.6 Å². The maximum Gasteiger partial charge on any atom is 0.291 e. The maximum absolute atomic E-state index is 12.9. The van der Waals surface area contributed by atoms with Crippen LogP contribution in [0.3, 0.4) is 0 Å². The highest BCUT2D eigenvalue weighted by molar-refractivity contribution is 6.11. The Hall–Kier alpha value is -3.60. The fourth-order valence-electron chi connectivity index (χ4n) is 4.15. The molecule has 0 spiro atoms. The van der Waals surface area contributed by atoms with Crippen LogP contribution in [0.1, 0.15) is 39.3 Å². The minimum Gasteiger partial charge on any atom is -0.450 e. The summed E-state index contributed by atoms with van der Waals surface area (Å²) < 4.78 is 6.00. The molecule has 0 atom stereocenters. The first-order valence-corrected chi connectivity index (χ1v) is 10.2. The van der Waals surface area contributed by atoms with Crippen LogP contribution in [0.2, 0.25) is 0 Å². The van der Waals surface area contributed by atoms with E-state index in [9.17, 15) is 9.59 Å². The van der Waals surface area contributed by atoms with Gasteiger partial charge in [-0.2, -0.15) is 0 Å². The van der Waals surface area contributed by atoms with Crippen LogP contribution in [0.4, 0.5) is 5.69 Å². The number of furan rings is 1. The van der Waals surface area contributed by atoms with Crippen molar-refractivity contribution in [1.82, 2.24) is 4.90 Å². The van der Waals surface area contributed by atoms with Gasteiger partial charge in [-0.05, 0) is 49.4 Å². The van der Waals surface area contributed by atoms with E-state index in [0.29, 0.717) is 17.0 Å². The first kappa shape index (κ1) is 18.4. The summed E-state index contributed by atoms with van der Waals surface area (Å²) in [4.78, 5) is 27.2. The number of rotatable bonds is 3. The van der Waals surface area contributed by atoms with Crippen LogP contribution in [0.15, 0.2) is 65.1 Å². The molecule has 30 heavy (non-hydrogen) atoms. The Morgan fingerprint density at radius 2 is 1.63 bits per heavy atom. The molecule has 5 rings (SSSR count). The summed E-state index contributed by atoms with van der Waals surface area (Å²) >= 11 is 0. The lowest BCUT2D eigenvalue weighted by Crippen LogP contribution is -2.27. The van der Waals surface area contributed by atoms with E-state index >= 15 is 0 Å². The number of amides is 2. The van der Waals surface area contributed by atoms with E-state index in [1.807, 2.05) is 48.2 Å². The van der Waals surface area contributed by atoms with Gasteiger partial charge in [0.2, 0.25) is 0 Å². The average Bonchev–Trinajstić information content (AvgIpc) is 3.42. The smallest absolute Gasteiger partial charge is 0.291 e. The quantitative estimate of drug-likeness (QED) is 0.504. The van der Waals surface area contributed by atoms with Gasteiger partial charge in [0.1, 0.15) is 5.58 Å². The Morgan fingerprint density at radius 3 is 2.40 bits per heavy atom. The van der Waals surface area contributed by atoms with E-state index in [4.69, 9.17) is 4.42 Å². The second-order valence-electron chi connectivity index (χ2n) is 7.75. The normalized spacial score (nSPS) is 13.8. The van der Waals surface area contributed by atoms with Gasteiger partial charge in [0, 0.05) is 40.7 Å². The number of fused-ring (bicyclic) bond motifs is 3. The zero-order valence-electron chi connectivity index (χ0n) is 16.8. The van der Waals surface area contributed by atoms with Crippen LogP contribution in [0.5, 0.6) is 0 Å². The average molecular weight is 398 g/mol. The summed E-state index contributed by atoms with van der Waals surface area (Å²) in [6.07, 6.45) is 2.12. The number of carbonyl (C=O) groups excluding carboxylic acids is 2. The summed E-state index contributed by atoms with van der Waals surface area (Å²) in [5.41, 5.74) is 2.81. The lowest BCUT2D eigenvalue weighted by atomic mass is 10.1. The van der Waals surface area contributed by atoms with Crippen LogP contribution in [-0.4, -0.2) is 29.8 Å². The molecule has 150 valence electrons. The second kappa shape index (κ2) is 7.34. The van der Waals surface area contributed by atoms with Crippen LogP contribution in [-0.2, 0) is 0 Å². The van der Waals surface area contributed by atoms with Gasteiger partial charge in [0.25, 0.3) is 11.8 Å². The summed E-state index contributed by atoms with van der Waals surface area (Å²) in [7, 11) is 0. The molecular weight excluding hydrogens is 376 g/mol. The van der Waals surface area contributed by atoms with Gasteiger partial charge in [-0.3, -0.25) is 9.59 Å². The van der Waals surface area contributed by atoms with Gasteiger partial charge in [-0.25, -0.2) is 0 Å². The molecule has 5 nitrogen and oxygen atoms in total. The van der Waals surface area contributed by atoms with Crippen molar-refractivity contribution in [3.8, 4) is 0 Å². The van der Waals surface area contributed by atoms with Crippen molar-refractivity contribution in [2.45, 2.75) is 19.8 Å². The molecule has 1 aliphatic heterocycles. The van der Waals surface area contributed by atoms with E-state index in [1.54, 1.807) is 24.3 Å². The van der Waals surface area contributed by atoms with Crippen LogP contribution >= 0.6 is 0 Å². The molecule has 1 N–H and O–H groups in total. The van der Waals surface area contributed by atoms with Crippen molar-refractivity contribution >= 4 is 39.2 Å². The summed E-state index contributed by atoms with van der Waals surface area (Å²) in [6, 6.07) is 19.0. The molecule has 2 amide bonds. The maximum atomic E-state index is 12.9. The third-order valence-electron chi connectivity index (χ3n) is 5.82. The van der Waals surface area contributed by atoms with Gasteiger partial charge < -0.3 is 14.6 Å². The lowest BCUT2D eigenvalue weighted by Gasteiger charge is -2.15.